The lowest BCUT2D eigenvalue weighted by Gasteiger charge is -2.15. The summed E-state index contributed by atoms with van der Waals surface area (Å²) in [7, 11) is 1.53. The Morgan fingerprint density at radius 1 is 1.17 bits per heavy atom. The molecule has 96 valence electrons. The van der Waals surface area contributed by atoms with E-state index in [9.17, 15) is 13.2 Å². The van der Waals surface area contributed by atoms with Gasteiger partial charge in [0.15, 0.2) is 4.67 Å². The average molecular weight is 320 g/mol. The molecule has 0 aliphatic rings. The van der Waals surface area contributed by atoms with E-state index < -0.39 is 23.5 Å². The first-order valence-corrected chi connectivity index (χ1v) is 5.89. The third kappa shape index (κ3) is 2.44. The number of furan rings is 1. The van der Waals surface area contributed by atoms with Crippen molar-refractivity contribution in [3.8, 4) is 0 Å². The van der Waals surface area contributed by atoms with Crippen LogP contribution in [0.5, 0.6) is 0 Å². The second-order valence-electron chi connectivity index (χ2n) is 3.65. The molecule has 2 rings (SSSR count). The minimum atomic E-state index is -0.959. The fraction of sp³-hybridized carbons (Fsp3) is 0.167. The molecular weight excluding hydrogens is 311 g/mol. The zero-order chi connectivity index (χ0) is 13.3. The summed E-state index contributed by atoms with van der Waals surface area (Å²) in [5.41, 5.74) is -0.277. The van der Waals surface area contributed by atoms with Crippen molar-refractivity contribution in [3.05, 3.63) is 57.7 Å². The molecule has 0 aliphatic carbocycles. The monoisotopic (exact) mass is 319 g/mol. The van der Waals surface area contributed by atoms with Gasteiger partial charge in [0.2, 0.25) is 0 Å². The highest BCUT2D eigenvalue weighted by Gasteiger charge is 2.24. The van der Waals surface area contributed by atoms with E-state index in [4.69, 9.17) is 4.42 Å². The van der Waals surface area contributed by atoms with Crippen LogP contribution in [0.3, 0.4) is 0 Å². The third-order valence-electron chi connectivity index (χ3n) is 2.50. The van der Waals surface area contributed by atoms with E-state index in [1.807, 2.05) is 0 Å². The zero-order valence-electron chi connectivity index (χ0n) is 9.31. The highest BCUT2D eigenvalue weighted by atomic mass is 79.9. The summed E-state index contributed by atoms with van der Waals surface area (Å²) in [5.74, 6) is -2.54. The van der Waals surface area contributed by atoms with Gasteiger partial charge in [0.25, 0.3) is 0 Å². The van der Waals surface area contributed by atoms with Crippen molar-refractivity contribution in [1.29, 1.82) is 0 Å². The van der Waals surface area contributed by atoms with Crippen LogP contribution in [0, 0.1) is 17.5 Å². The molecule has 0 saturated carbocycles. The van der Waals surface area contributed by atoms with Crippen molar-refractivity contribution in [2.24, 2.45) is 0 Å². The molecule has 0 radical (unpaired) electrons. The number of hydrogen-bond acceptors (Lipinski definition) is 2. The predicted molar refractivity (Wildman–Crippen MR) is 63.6 cm³/mol. The van der Waals surface area contributed by atoms with Crippen molar-refractivity contribution in [1.82, 2.24) is 5.32 Å². The maximum absolute atomic E-state index is 13.7. The summed E-state index contributed by atoms with van der Waals surface area (Å²) < 4.78 is 45.9. The van der Waals surface area contributed by atoms with E-state index in [2.05, 4.69) is 21.2 Å². The summed E-state index contributed by atoms with van der Waals surface area (Å²) >= 11 is 3.11. The zero-order valence-corrected chi connectivity index (χ0v) is 10.9. The fourth-order valence-corrected chi connectivity index (χ4v) is 2.06. The Labute approximate surface area is 110 Å². The Morgan fingerprint density at radius 2 is 1.78 bits per heavy atom. The molecule has 0 aliphatic heterocycles. The second kappa shape index (κ2) is 5.16. The SMILES string of the molecule is CNC(c1ccc(Br)o1)c1c(F)cc(F)cc1F. The molecule has 1 unspecified atom stereocenters. The number of rotatable bonds is 3. The second-order valence-corrected chi connectivity index (χ2v) is 4.43. The van der Waals surface area contributed by atoms with Gasteiger partial charge in [-0.2, -0.15) is 0 Å². The van der Waals surface area contributed by atoms with Crippen LogP contribution in [0.2, 0.25) is 0 Å². The van der Waals surface area contributed by atoms with Crippen LogP contribution in [0.4, 0.5) is 13.2 Å². The lowest BCUT2D eigenvalue weighted by atomic mass is 10.0. The summed E-state index contributed by atoms with van der Waals surface area (Å²) in [6.07, 6.45) is 0. The summed E-state index contributed by atoms with van der Waals surface area (Å²) in [6.45, 7) is 0. The maximum Gasteiger partial charge on any atom is 0.169 e. The van der Waals surface area contributed by atoms with Crippen LogP contribution in [0.1, 0.15) is 17.4 Å². The van der Waals surface area contributed by atoms with Gasteiger partial charge in [-0.15, -0.1) is 0 Å². The molecule has 1 N–H and O–H groups in total. The Balaban J connectivity index is 2.51. The van der Waals surface area contributed by atoms with Gasteiger partial charge in [-0.3, -0.25) is 0 Å². The van der Waals surface area contributed by atoms with Crippen molar-refractivity contribution in [2.75, 3.05) is 7.05 Å². The van der Waals surface area contributed by atoms with Crippen molar-refractivity contribution >= 4 is 15.9 Å². The Bertz CT molecular complexity index is 547. The number of hydrogen-bond donors (Lipinski definition) is 1. The van der Waals surface area contributed by atoms with E-state index >= 15 is 0 Å². The molecular formula is C12H9BrF3NO. The van der Waals surface area contributed by atoms with Gasteiger partial charge in [0.05, 0.1) is 6.04 Å². The first-order valence-electron chi connectivity index (χ1n) is 5.10. The van der Waals surface area contributed by atoms with E-state index in [-0.39, 0.29) is 5.56 Å². The van der Waals surface area contributed by atoms with Crippen molar-refractivity contribution < 1.29 is 17.6 Å². The molecule has 0 amide bonds. The number of nitrogens with one attached hydrogen (secondary N) is 1. The first kappa shape index (κ1) is 13.2. The molecule has 0 fully saturated rings. The van der Waals surface area contributed by atoms with Crippen LogP contribution in [-0.2, 0) is 0 Å². The lowest BCUT2D eigenvalue weighted by Crippen LogP contribution is -2.20. The van der Waals surface area contributed by atoms with Gasteiger partial charge in [0.1, 0.15) is 23.2 Å². The number of benzene rings is 1. The first-order chi connectivity index (χ1) is 8.52. The van der Waals surface area contributed by atoms with Crippen LogP contribution in [0.15, 0.2) is 33.4 Å². The maximum atomic E-state index is 13.7. The van der Waals surface area contributed by atoms with Crippen molar-refractivity contribution in [3.63, 3.8) is 0 Å². The van der Waals surface area contributed by atoms with Crippen LogP contribution in [-0.4, -0.2) is 7.05 Å². The minimum absolute atomic E-state index is 0.277. The van der Waals surface area contributed by atoms with Gasteiger partial charge < -0.3 is 9.73 Å². The van der Waals surface area contributed by atoms with E-state index in [1.54, 1.807) is 12.1 Å². The van der Waals surface area contributed by atoms with E-state index in [1.165, 1.54) is 7.05 Å². The molecule has 0 spiro atoms. The molecule has 2 aromatic rings. The van der Waals surface area contributed by atoms with Crippen LogP contribution >= 0.6 is 15.9 Å². The summed E-state index contributed by atoms with van der Waals surface area (Å²) in [4.78, 5) is 0. The molecule has 1 atom stereocenters. The van der Waals surface area contributed by atoms with Crippen molar-refractivity contribution in [2.45, 2.75) is 6.04 Å². The molecule has 2 nitrogen and oxygen atoms in total. The van der Waals surface area contributed by atoms with Gasteiger partial charge in [-0.1, -0.05) is 0 Å². The Hall–Kier alpha value is -1.27. The summed E-state index contributed by atoms with van der Waals surface area (Å²) in [6, 6.07) is 3.64. The summed E-state index contributed by atoms with van der Waals surface area (Å²) in [5, 5.41) is 2.73. The third-order valence-corrected chi connectivity index (χ3v) is 2.93. The average Bonchev–Trinajstić information content (AvgIpc) is 2.69. The highest BCUT2D eigenvalue weighted by molar-refractivity contribution is 9.10. The van der Waals surface area contributed by atoms with Crippen LogP contribution < -0.4 is 5.32 Å². The quantitative estimate of drug-likeness (QED) is 0.931. The molecule has 1 aromatic carbocycles. The van der Waals surface area contributed by atoms with Gasteiger partial charge in [-0.25, -0.2) is 13.2 Å². The molecule has 18 heavy (non-hydrogen) atoms. The van der Waals surface area contributed by atoms with Crippen LogP contribution in [0.25, 0.3) is 0 Å². The lowest BCUT2D eigenvalue weighted by molar-refractivity contribution is 0.423. The molecule has 1 aromatic heterocycles. The van der Waals surface area contributed by atoms with Gasteiger partial charge in [0, 0.05) is 17.7 Å². The van der Waals surface area contributed by atoms with Gasteiger partial charge >= 0.3 is 0 Å². The molecule has 0 saturated heterocycles. The van der Waals surface area contributed by atoms with E-state index in [0.717, 1.165) is 0 Å². The Morgan fingerprint density at radius 3 is 2.22 bits per heavy atom. The normalized spacial score (nSPS) is 12.7. The smallest absolute Gasteiger partial charge is 0.169 e. The largest absolute Gasteiger partial charge is 0.452 e. The van der Waals surface area contributed by atoms with Gasteiger partial charge in [-0.05, 0) is 35.1 Å². The molecule has 1 heterocycles. The predicted octanol–water partition coefficient (Wildman–Crippen LogP) is 3.77. The number of halogens is 4. The minimum Gasteiger partial charge on any atom is -0.452 e. The fourth-order valence-electron chi connectivity index (χ4n) is 1.74. The Kier molecular flexibility index (Phi) is 3.77. The topological polar surface area (TPSA) is 25.2 Å². The molecule has 6 heteroatoms. The highest BCUT2D eigenvalue weighted by Crippen LogP contribution is 2.29. The van der Waals surface area contributed by atoms with E-state index in [0.29, 0.717) is 22.6 Å². The molecule has 0 bridgehead atoms. The standard InChI is InChI=1S/C12H9BrF3NO/c1-17-12(9-2-3-10(13)18-9)11-7(15)4-6(14)5-8(11)16/h2-5,12,17H,1H3.